The summed E-state index contributed by atoms with van der Waals surface area (Å²) in [5.74, 6) is 1.26. The number of hydrogen-bond donors (Lipinski definition) is 2. The summed E-state index contributed by atoms with van der Waals surface area (Å²) in [6.07, 6.45) is 7.50. The van der Waals surface area contributed by atoms with Gasteiger partial charge in [-0.1, -0.05) is 37.5 Å². The Labute approximate surface area is 179 Å². The lowest BCUT2D eigenvalue weighted by molar-refractivity contribution is -0.137. The molecule has 1 aliphatic heterocycles. The van der Waals surface area contributed by atoms with Gasteiger partial charge in [-0.25, -0.2) is 0 Å². The van der Waals surface area contributed by atoms with Crippen LogP contribution in [0.25, 0.3) is 0 Å². The Bertz CT molecular complexity index is 629. The molecule has 2 fully saturated rings. The second kappa shape index (κ2) is 12.0. The predicted molar refractivity (Wildman–Crippen MR) is 116 cm³/mol. The van der Waals surface area contributed by atoms with Crippen LogP contribution in [-0.4, -0.2) is 49.0 Å². The molecule has 1 saturated carbocycles. The molecule has 1 atom stereocenters. The monoisotopic (exact) mass is 423 g/mol. The van der Waals surface area contributed by atoms with Crippen molar-refractivity contribution < 1.29 is 14.3 Å². The van der Waals surface area contributed by atoms with E-state index >= 15 is 0 Å². The number of nitrogens with one attached hydrogen (secondary N) is 1. The molecule has 3 rings (SSSR count). The van der Waals surface area contributed by atoms with Gasteiger partial charge in [-0.2, -0.15) is 0 Å². The van der Waals surface area contributed by atoms with E-state index in [1.165, 1.54) is 19.3 Å². The molecular formula is C22H34ClN3O3. The highest BCUT2D eigenvalue weighted by Crippen LogP contribution is 2.27. The summed E-state index contributed by atoms with van der Waals surface area (Å²) < 4.78 is 5.55. The first-order valence-corrected chi connectivity index (χ1v) is 10.6. The van der Waals surface area contributed by atoms with Crippen molar-refractivity contribution in [2.75, 3.05) is 26.2 Å². The minimum absolute atomic E-state index is 0. The minimum atomic E-state index is -0.0308. The number of nitrogens with two attached hydrogens (primary N) is 1. The van der Waals surface area contributed by atoms with Gasteiger partial charge < -0.3 is 20.7 Å². The van der Waals surface area contributed by atoms with Gasteiger partial charge in [0.25, 0.3) is 5.91 Å². The zero-order valence-corrected chi connectivity index (χ0v) is 17.9. The fourth-order valence-electron chi connectivity index (χ4n) is 4.35. The highest BCUT2D eigenvalue weighted by Gasteiger charge is 2.30. The van der Waals surface area contributed by atoms with E-state index in [4.69, 9.17) is 10.5 Å². The zero-order valence-electron chi connectivity index (χ0n) is 17.1. The van der Waals surface area contributed by atoms with Crippen molar-refractivity contribution in [2.45, 2.75) is 51.0 Å². The number of rotatable bonds is 7. The number of benzene rings is 1. The number of ether oxygens (including phenoxy) is 1. The van der Waals surface area contributed by atoms with Crippen molar-refractivity contribution in [3.05, 3.63) is 30.3 Å². The molecule has 0 radical (unpaired) electrons. The standard InChI is InChI=1S/C22H33N3O3.ClH/c23-15-20(17-7-3-1-4-8-17)24-22(27)18-11-13-25(14-12-18)21(26)16-28-19-9-5-2-6-10-19;/h2,5-6,9-10,17-18,20H,1,3-4,7-8,11-16,23H2,(H,24,27);1H. The summed E-state index contributed by atoms with van der Waals surface area (Å²) in [5, 5.41) is 3.20. The Kier molecular flexibility index (Phi) is 9.74. The highest BCUT2D eigenvalue weighted by atomic mass is 35.5. The normalized spacial score (nSPS) is 19.1. The third-order valence-electron chi connectivity index (χ3n) is 6.12. The molecule has 1 unspecified atom stereocenters. The van der Waals surface area contributed by atoms with Crippen LogP contribution in [0.4, 0.5) is 0 Å². The molecule has 6 nitrogen and oxygen atoms in total. The maximum Gasteiger partial charge on any atom is 0.260 e. The minimum Gasteiger partial charge on any atom is -0.484 e. The molecule has 1 aromatic rings. The lowest BCUT2D eigenvalue weighted by atomic mass is 9.83. The van der Waals surface area contributed by atoms with Crippen molar-refractivity contribution in [1.29, 1.82) is 0 Å². The summed E-state index contributed by atoms with van der Waals surface area (Å²) in [7, 11) is 0. The van der Waals surface area contributed by atoms with Crippen LogP contribution in [0.2, 0.25) is 0 Å². The largest absolute Gasteiger partial charge is 0.484 e. The van der Waals surface area contributed by atoms with E-state index in [0.717, 1.165) is 12.8 Å². The summed E-state index contributed by atoms with van der Waals surface area (Å²) >= 11 is 0. The Morgan fingerprint density at radius 3 is 2.34 bits per heavy atom. The first kappa shape index (κ1) is 23.5. The van der Waals surface area contributed by atoms with Gasteiger partial charge in [0.1, 0.15) is 5.75 Å². The molecule has 162 valence electrons. The Balaban J connectivity index is 0.00000300. The number of amides is 2. The van der Waals surface area contributed by atoms with E-state index in [-0.39, 0.29) is 42.8 Å². The lowest BCUT2D eigenvalue weighted by Crippen LogP contribution is -2.50. The number of halogens is 1. The Hall–Kier alpha value is -1.79. The first-order chi connectivity index (χ1) is 13.7. The van der Waals surface area contributed by atoms with E-state index in [1.807, 2.05) is 30.3 Å². The van der Waals surface area contributed by atoms with Gasteiger partial charge in [-0.3, -0.25) is 9.59 Å². The SMILES string of the molecule is Cl.NCC(NC(=O)C1CCN(C(=O)COc2ccccc2)CC1)C1CCCCC1. The van der Waals surface area contributed by atoms with Gasteiger partial charge in [0.2, 0.25) is 5.91 Å². The van der Waals surface area contributed by atoms with Crippen LogP contribution < -0.4 is 15.8 Å². The van der Waals surface area contributed by atoms with Crippen molar-refractivity contribution in [3.63, 3.8) is 0 Å². The van der Waals surface area contributed by atoms with Gasteiger partial charge in [0.05, 0.1) is 0 Å². The van der Waals surface area contributed by atoms with E-state index in [2.05, 4.69) is 5.32 Å². The summed E-state index contributed by atoms with van der Waals surface area (Å²) in [6, 6.07) is 9.44. The van der Waals surface area contributed by atoms with E-state index in [9.17, 15) is 9.59 Å². The van der Waals surface area contributed by atoms with E-state index in [1.54, 1.807) is 4.90 Å². The van der Waals surface area contributed by atoms with Gasteiger partial charge in [-0.05, 0) is 43.7 Å². The number of carbonyl (C=O) groups excluding carboxylic acids is 2. The number of para-hydroxylation sites is 1. The average molecular weight is 424 g/mol. The quantitative estimate of drug-likeness (QED) is 0.706. The zero-order chi connectivity index (χ0) is 19.8. The molecule has 1 saturated heterocycles. The van der Waals surface area contributed by atoms with Gasteiger partial charge in [-0.15, -0.1) is 12.4 Å². The molecule has 2 aliphatic rings. The van der Waals surface area contributed by atoms with Crippen LogP contribution in [0.1, 0.15) is 44.9 Å². The molecule has 0 spiro atoms. The molecule has 7 heteroatoms. The lowest BCUT2D eigenvalue weighted by Gasteiger charge is -2.34. The third-order valence-corrected chi connectivity index (χ3v) is 6.12. The topological polar surface area (TPSA) is 84.7 Å². The number of carbonyl (C=O) groups is 2. The summed E-state index contributed by atoms with van der Waals surface area (Å²) in [5.41, 5.74) is 5.94. The molecule has 1 aromatic carbocycles. The fourth-order valence-corrected chi connectivity index (χ4v) is 4.35. The number of hydrogen-bond acceptors (Lipinski definition) is 4. The average Bonchev–Trinajstić information content (AvgIpc) is 2.77. The van der Waals surface area contributed by atoms with Crippen molar-refractivity contribution in [2.24, 2.45) is 17.6 Å². The van der Waals surface area contributed by atoms with E-state index in [0.29, 0.717) is 44.1 Å². The second-order valence-electron chi connectivity index (χ2n) is 8.01. The van der Waals surface area contributed by atoms with Crippen LogP contribution in [0.15, 0.2) is 30.3 Å². The van der Waals surface area contributed by atoms with Gasteiger partial charge in [0, 0.05) is 31.6 Å². The van der Waals surface area contributed by atoms with Crippen LogP contribution in [0.3, 0.4) is 0 Å². The van der Waals surface area contributed by atoms with Crippen LogP contribution in [0.5, 0.6) is 5.75 Å². The Morgan fingerprint density at radius 1 is 1.07 bits per heavy atom. The van der Waals surface area contributed by atoms with Crippen LogP contribution >= 0.6 is 12.4 Å². The van der Waals surface area contributed by atoms with Gasteiger partial charge in [0.15, 0.2) is 6.61 Å². The van der Waals surface area contributed by atoms with Crippen LogP contribution in [0, 0.1) is 11.8 Å². The first-order valence-electron chi connectivity index (χ1n) is 10.6. The predicted octanol–water partition coefficient (Wildman–Crippen LogP) is 2.75. The van der Waals surface area contributed by atoms with Crippen molar-refractivity contribution in [1.82, 2.24) is 10.2 Å². The van der Waals surface area contributed by atoms with E-state index < -0.39 is 0 Å². The van der Waals surface area contributed by atoms with Crippen LogP contribution in [-0.2, 0) is 9.59 Å². The molecular weight excluding hydrogens is 390 g/mol. The number of piperidine rings is 1. The molecule has 0 aromatic heterocycles. The number of likely N-dealkylation sites (tertiary alicyclic amines) is 1. The smallest absolute Gasteiger partial charge is 0.260 e. The molecule has 1 aliphatic carbocycles. The molecule has 1 heterocycles. The molecule has 0 bridgehead atoms. The maximum absolute atomic E-state index is 12.7. The molecule has 2 amide bonds. The number of nitrogens with zero attached hydrogens (tertiary/aromatic N) is 1. The maximum atomic E-state index is 12.7. The van der Waals surface area contributed by atoms with Crippen molar-refractivity contribution in [3.8, 4) is 5.75 Å². The molecule has 3 N–H and O–H groups in total. The Morgan fingerprint density at radius 2 is 1.72 bits per heavy atom. The second-order valence-corrected chi connectivity index (χ2v) is 8.01. The van der Waals surface area contributed by atoms with Crippen molar-refractivity contribution >= 4 is 24.2 Å². The molecule has 29 heavy (non-hydrogen) atoms. The highest BCUT2D eigenvalue weighted by molar-refractivity contribution is 5.85. The van der Waals surface area contributed by atoms with Gasteiger partial charge >= 0.3 is 0 Å². The fraction of sp³-hybridized carbons (Fsp3) is 0.636. The summed E-state index contributed by atoms with van der Waals surface area (Å²) in [6.45, 7) is 1.75. The summed E-state index contributed by atoms with van der Waals surface area (Å²) in [4.78, 5) is 26.9. The third kappa shape index (κ3) is 6.89.